The fourth-order valence-electron chi connectivity index (χ4n) is 3.33. The summed E-state index contributed by atoms with van der Waals surface area (Å²) in [4.78, 5) is 11.8. The van der Waals surface area contributed by atoms with E-state index in [1.54, 1.807) is 13.8 Å². The molecule has 0 aliphatic carbocycles. The minimum atomic E-state index is -0.832. The van der Waals surface area contributed by atoms with Crippen LogP contribution in [-0.2, 0) is 25.6 Å². The molecule has 0 aromatic heterocycles. The van der Waals surface area contributed by atoms with Crippen molar-refractivity contribution in [3.63, 3.8) is 0 Å². The molecule has 0 saturated carbocycles. The van der Waals surface area contributed by atoms with Crippen molar-refractivity contribution < 1.29 is 24.1 Å². The Morgan fingerprint density at radius 1 is 1.21 bits per heavy atom. The van der Waals surface area contributed by atoms with E-state index in [1.165, 1.54) is 0 Å². The summed E-state index contributed by atoms with van der Waals surface area (Å²) < 4.78 is 17.0. The summed E-state index contributed by atoms with van der Waals surface area (Å²) in [5.74, 6) is -0.333. The lowest BCUT2D eigenvalue weighted by Gasteiger charge is -2.22. The second-order valence-corrected chi connectivity index (χ2v) is 7.30. The van der Waals surface area contributed by atoms with Crippen molar-refractivity contribution in [2.24, 2.45) is 5.41 Å². The molecule has 1 N–H and O–H groups in total. The first-order chi connectivity index (χ1) is 11.5. The van der Waals surface area contributed by atoms with E-state index < -0.39 is 17.6 Å². The van der Waals surface area contributed by atoms with Crippen molar-refractivity contribution in [2.75, 3.05) is 6.61 Å². The normalized spacial score (nSPS) is 32.0. The Kier molecular flexibility index (Phi) is 5.23. The highest BCUT2D eigenvalue weighted by molar-refractivity contribution is 5.79. The largest absolute Gasteiger partial charge is 0.459 e. The van der Waals surface area contributed by atoms with Crippen LogP contribution in [0, 0.1) is 5.41 Å². The Morgan fingerprint density at radius 2 is 1.92 bits per heavy atom. The summed E-state index contributed by atoms with van der Waals surface area (Å²) in [6.07, 6.45) is 1.22. The number of esters is 1. The minimum Gasteiger partial charge on any atom is -0.459 e. The topological polar surface area (TPSA) is 65.0 Å². The van der Waals surface area contributed by atoms with Gasteiger partial charge in [0.25, 0.3) is 0 Å². The van der Waals surface area contributed by atoms with Crippen molar-refractivity contribution in [1.29, 1.82) is 0 Å². The molecule has 4 atom stereocenters. The molecule has 5 heteroatoms. The van der Waals surface area contributed by atoms with Crippen LogP contribution < -0.4 is 0 Å². The second kappa shape index (κ2) is 7.21. The molecule has 2 aliphatic rings. The van der Waals surface area contributed by atoms with Gasteiger partial charge in [0.2, 0.25) is 0 Å². The predicted molar refractivity (Wildman–Crippen MR) is 88.3 cm³/mol. The van der Waals surface area contributed by atoms with Crippen molar-refractivity contribution >= 4 is 5.97 Å². The lowest BCUT2D eigenvalue weighted by atomic mass is 9.85. The molecule has 3 rings (SSSR count). The molecule has 2 fully saturated rings. The van der Waals surface area contributed by atoms with Gasteiger partial charge in [-0.2, -0.15) is 0 Å². The van der Waals surface area contributed by atoms with Gasteiger partial charge in [-0.15, -0.1) is 0 Å². The van der Waals surface area contributed by atoms with Gasteiger partial charge in [0.1, 0.15) is 12.2 Å². The standard InChI is InChI=1S/C19H26O5/c1-19(2)17(20)16(24-18(19)21)10-14-8-9-15(23-14)12-22-11-13-6-4-3-5-7-13/h3-7,14-17,20H,8-12H2,1-2H3/t14-,15-,16+,17-/m0/s1. The molecule has 0 bridgehead atoms. The van der Waals surface area contributed by atoms with Gasteiger partial charge in [0, 0.05) is 6.42 Å². The molecule has 1 aromatic carbocycles. The third-order valence-electron chi connectivity index (χ3n) is 4.98. The second-order valence-electron chi connectivity index (χ2n) is 7.30. The lowest BCUT2D eigenvalue weighted by Crippen LogP contribution is -2.35. The van der Waals surface area contributed by atoms with E-state index in [0.717, 1.165) is 18.4 Å². The Hall–Kier alpha value is -1.43. The first-order valence-corrected chi connectivity index (χ1v) is 8.63. The number of aliphatic hydroxyl groups excluding tert-OH is 1. The molecule has 1 aromatic rings. The number of cyclic esters (lactones) is 1. The molecule has 0 radical (unpaired) electrons. The van der Waals surface area contributed by atoms with Gasteiger partial charge < -0.3 is 19.3 Å². The smallest absolute Gasteiger partial charge is 0.314 e. The number of hydrogen-bond acceptors (Lipinski definition) is 5. The highest BCUT2D eigenvalue weighted by Gasteiger charge is 2.51. The molecule has 2 aliphatic heterocycles. The summed E-state index contributed by atoms with van der Waals surface area (Å²) in [5, 5.41) is 10.3. The quantitative estimate of drug-likeness (QED) is 0.810. The molecule has 0 amide bonds. The number of carbonyl (C=O) groups is 1. The maximum atomic E-state index is 11.8. The summed E-state index contributed by atoms with van der Waals surface area (Å²) in [7, 11) is 0. The van der Waals surface area contributed by atoms with Crippen molar-refractivity contribution in [1.82, 2.24) is 0 Å². The average Bonchev–Trinajstić information content (AvgIpc) is 3.08. The van der Waals surface area contributed by atoms with Crippen LogP contribution in [0.2, 0.25) is 0 Å². The molecule has 5 nitrogen and oxygen atoms in total. The van der Waals surface area contributed by atoms with E-state index in [-0.39, 0.29) is 18.2 Å². The molecule has 132 valence electrons. The van der Waals surface area contributed by atoms with Crippen LogP contribution in [0.1, 0.15) is 38.7 Å². The van der Waals surface area contributed by atoms with Crippen LogP contribution in [0.25, 0.3) is 0 Å². The lowest BCUT2D eigenvalue weighted by molar-refractivity contribution is -0.148. The van der Waals surface area contributed by atoms with Crippen LogP contribution in [0.5, 0.6) is 0 Å². The highest BCUT2D eigenvalue weighted by Crippen LogP contribution is 2.37. The molecular weight excluding hydrogens is 308 g/mol. The summed E-state index contributed by atoms with van der Waals surface area (Å²) in [6.45, 7) is 4.58. The van der Waals surface area contributed by atoms with Crippen molar-refractivity contribution in [2.45, 2.75) is 64.1 Å². The zero-order valence-corrected chi connectivity index (χ0v) is 14.3. The van der Waals surface area contributed by atoms with E-state index in [4.69, 9.17) is 14.2 Å². The fourth-order valence-corrected chi connectivity index (χ4v) is 3.33. The van der Waals surface area contributed by atoms with Crippen LogP contribution >= 0.6 is 0 Å². The van der Waals surface area contributed by atoms with Gasteiger partial charge in [-0.25, -0.2) is 0 Å². The zero-order valence-electron chi connectivity index (χ0n) is 14.3. The van der Waals surface area contributed by atoms with Crippen molar-refractivity contribution in [3.8, 4) is 0 Å². The molecule has 24 heavy (non-hydrogen) atoms. The molecule has 2 heterocycles. The van der Waals surface area contributed by atoms with E-state index in [1.807, 2.05) is 30.3 Å². The zero-order chi connectivity index (χ0) is 17.2. The summed E-state index contributed by atoms with van der Waals surface area (Å²) in [5.41, 5.74) is 0.317. The van der Waals surface area contributed by atoms with Gasteiger partial charge in [0.15, 0.2) is 0 Å². The molecular formula is C19H26O5. The third-order valence-corrected chi connectivity index (χ3v) is 4.98. The number of hydrogen-bond donors (Lipinski definition) is 1. The van der Waals surface area contributed by atoms with Crippen LogP contribution in [0.15, 0.2) is 30.3 Å². The van der Waals surface area contributed by atoms with Gasteiger partial charge >= 0.3 is 5.97 Å². The number of ether oxygens (including phenoxy) is 3. The fraction of sp³-hybridized carbons (Fsp3) is 0.632. The van der Waals surface area contributed by atoms with Gasteiger partial charge in [0.05, 0.1) is 30.8 Å². The Balaban J connectivity index is 1.40. The predicted octanol–water partition coefficient (Wildman–Crippen LogP) is 2.45. The van der Waals surface area contributed by atoms with E-state index in [9.17, 15) is 9.90 Å². The van der Waals surface area contributed by atoms with Gasteiger partial charge in [-0.3, -0.25) is 4.79 Å². The SMILES string of the molecule is CC1(C)C(=O)O[C@H](C[C@@H]2CC[C@@H](COCc3ccccc3)O2)[C@@H]1O. The van der Waals surface area contributed by atoms with E-state index in [2.05, 4.69) is 0 Å². The van der Waals surface area contributed by atoms with Crippen molar-refractivity contribution in [3.05, 3.63) is 35.9 Å². The van der Waals surface area contributed by atoms with Gasteiger partial charge in [-0.1, -0.05) is 30.3 Å². The minimum absolute atomic E-state index is 0.0108. The van der Waals surface area contributed by atoms with E-state index >= 15 is 0 Å². The number of aliphatic hydroxyl groups is 1. The van der Waals surface area contributed by atoms with Crippen LogP contribution in [-0.4, -0.2) is 42.1 Å². The first kappa shape index (κ1) is 17.4. The average molecular weight is 334 g/mol. The Labute approximate surface area is 142 Å². The maximum absolute atomic E-state index is 11.8. The highest BCUT2D eigenvalue weighted by atomic mass is 16.6. The maximum Gasteiger partial charge on any atom is 0.314 e. The number of benzene rings is 1. The molecule has 0 unspecified atom stereocenters. The van der Waals surface area contributed by atoms with Gasteiger partial charge in [-0.05, 0) is 32.3 Å². The monoisotopic (exact) mass is 334 g/mol. The first-order valence-electron chi connectivity index (χ1n) is 8.63. The van der Waals surface area contributed by atoms with Crippen LogP contribution in [0.3, 0.4) is 0 Å². The van der Waals surface area contributed by atoms with Crippen LogP contribution in [0.4, 0.5) is 0 Å². The van der Waals surface area contributed by atoms with E-state index in [0.29, 0.717) is 19.6 Å². The summed E-state index contributed by atoms with van der Waals surface area (Å²) >= 11 is 0. The molecule has 0 spiro atoms. The molecule has 2 saturated heterocycles. The Morgan fingerprint density at radius 3 is 2.58 bits per heavy atom. The third kappa shape index (κ3) is 3.79. The Bertz CT molecular complexity index is 556. The number of carbonyl (C=O) groups excluding carboxylic acids is 1. The number of rotatable bonds is 6. The summed E-state index contributed by atoms with van der Waals surface area (Å²) in [6, 6.07) is 10.1.